The molecule has 11 heavy (non-hydrogen) atoms. The summed E-state index contributed by atoms with van der Waals surface area (Å²) in [5.41, 5.74) is -0.137. The van der Waals surface area contributed by atoms with E-state index in [4.69, 9.17) is 0 Å². The topological polar surface area (TPSA) is 37.3 Å². The fraction of sp³-hybridized carbons (Fsp3) is 0.889. The van der Waals surface area contributed by atoms with E-state index in [9.17, 15) is 9.90 Å². The van der Waals surface area contributed by atoms with Gasteiger partial charge in [0.05, 0.1) is 6.10 Å². The summed E-state index contributed by atoms with van der Waals surface area (Å²) < 4.78 is 0. The van der Waals surface area contributed by atoms with Crippen LogP contribution in [0, 0.1) is 17.3 Å². The third-order valence-corrected chi connectivity index (χ3v) is 3.44. The molecule has 0 radical (unpaired) electrons. The molecule has 0 saturated heterocycles. The standard InChI is InChI=1S/C9H14O2/c1-9(2)7-4-5(10)3-6(7)8(9)11/h5-7,10H,3-4H2,1-2H3/t5-,6+,7-/m1/s1. The van der Waals surface area contributed by atoms with E-state index in [1.54, 1.807) is 0 Å². The van der Waals surface area contributed by atoms with Gasteiger partial charge in [-0.25, -0.2) is 0 Å². The molecular formula is C9H14O2. The van der Waals surface area contributed by atoms with Gasteiger partial charge in [-0.1, -0.05) is 13.8 Å². The van der Waals surface area contributed by atoms with Crippen LogP contribution >= 0.6 is 0 Å². The van der Waals surface area contributed by atoms with E-state index in [1.807, 2.05) is 13.8 Å². The van der Waals surface area contributed by atoms with E-state index in [-0.39, 0.29) is 17.4 Å². The molecule has 0 unspecified atom stereocenters. The van der Waals surface area contributed by atoms with Crippen LogP contribution in [0.25, 0.3) is 0 Å². The molecule has 0 aliphatic heterocycles. The minimum atomic E-state index is -0.212. The summed E-state index contributed by atoms with van der Waals surface area (Å²) in [5.74, 6) is 1.02. The zero-order chi connectivity index (χ0) is 8.22. The van der Waals surface area contributed by atoms with Gasteiger partial charge in [0.1, 0.15) is 5.78 Å². The number of carbonyl (C=O) groups is 1. The van der Waals surface area contributed by atoms with Crippen LogP contribution in [0.3, 0.4) is 0 Å². The minimum absolute atomic E-state index is 0.137. The summed E-state index contributed by atoms with van der Waals surface area (Å²) in [4.78, 5) is 11.4. The van der Waals surface area contributed by atoms with Crippen molar-refractivity contribution in [1.29, 1.82) is 0 Å². The summed E-state index contributed by atoms with van der Waals surface area (Å²) in [5, 5.41) is 9.31. The van der Waals surface area contributed by atoms with Crippen molar-refractivity contribution in [3.63, 3.8) is 0 Å². The molecule has 2 nitrogen and oxygen atoms in total. The van der Waals surface area contributed by atoms with Gasteiger partial charge in [0.25, 0.3) is 0 Å². The smallest absolute Gasteiger partial charge is 0.142 e. The van der Waals surface area contributed by atoms with Crippen molar-refractivity contribution < 1.29 is 9.90 Å². The highest BCUT2D eigenvalue weighted by Crippen LogP contribution is 2.55. The first kappa shape index (κ1) is 7.29. The number of hydrogen-bond donors (Lipinski definition) is 1. The minimum Gasteiger partial charge on any atom is -0.393 e. The zero-order valence-corrected chi connectivity index (χ0v) is 7.00. The van der Waals surface area contributed by atoms with Crippen molar-refractivity contribution in [3.05, 3.63) is 0 Å². The highest BCUT2D eigenvalue weighted by atomic mass is 16.3. The van der Waals surface area contributed by atoms with Crippen LogP contribution < -0.4 is 0 Å². The Morgan fingerprint density at radius 3 is 2.64 bits per heavy atom. The molecule has 1 N–H and O–H groups in total. The SMILES string of the molecule is CC1(C)C(=O)[C@H]2C[C@@H](O)C[C@H]21. The van der Waals surface area contributed by atoms with Crippen molar-refractivity contribution in [2.75, 3.05) is 0 Å². The van der Waals surface area contributed by atoms with Crippen molar-refractivity contribution in [3.8, 4) is 0 Å². The third kappa shape index (κ3) is 0.734. The van der Waals surface area contributed by atoms with Crippen molar-refractivity contribution in [2.45, 2.75) is 32.8 Å². The number of carbonyl (C=O) groups excluding carboxylic acids is 1. The third-order valence-electron chi connectivity index (χ3n) is 3.44. The van der Waals surface area contributed by atoms with Gasteiger partial charge >= 0.3 is 0 Å². The Balaban J connectivity index is 2.20. The van der Waals surface area contributed by atoms with E-state index < -0.39 is 0 Å². The summed E-state index contributed by atoms with van der Waals surface area (Å²) in [6, 6.07) is 0. The number of ketones is 1. The summed E-state index contributed by atoms with van der Waals surface area (Å²) >= 11 is 0. The van der Waals surface area contributed by atoms with Crippen molar-refractivity contribution in [2.24, 2.45) is 17.3 Å². The number of aliphatic hydroxyl groups is 1. The number of Topliss-reactive ketones (excluding diaryl/α,β-unsaturated/α-hetero) is 1. The second kappa shape index (κ2) is 1.86. The van der Waals surface area contributed by atoms with Gasteiger partial charge in [0.2, 0.25) is 0 Å². The van der Waals surface area contributed by atoms with Crippen LogP contribution in [0.5, 0.6) is 0 Å². The van der Waals surface area contributed by atoms with Crippen LogP contribution in [-0.2, 0) is 4.79 Å². The van der Waals surface area contributed by atoms with Crippen LogP contribution in [0.1, 0.15) is 26.7 Å². The average Bonchev–Trinajstić information content (AvgIpc) is 2.29. The largest absolute Gasteiger partial charge is 0.393 e. The first-order valence-electron chi connectivity index (χ1n) is 4.26. The molecule has 2 aliphatic carbocycles. The van der Waals surface area contributed by atoms with Gasteiger partial charge in [0, 0.05) is 11.3 Å². The molecule has 2 aliphatic rings. The highest BCUT2D eigenvalue weighted by molar-refractivity contribution is 5.93. The first-order chi connectivity index (χ1) is 5.03. The Labute approximate surface area is 66.6 Å². The molecule has 0 aromatic rings. The zero-order valence-electron chi connectivity index (χ0n) is 7.00. The Hall–Kier alpha value is -0.370. The monoisotopic (exact) mass is 154 g/mol. The fourth-order valence-corrected chi connectivity index (χ4v) is 2.66. The van der Waals surface area contributed by atoms with Crippen LogP contribution in [0.2, 0.25) is 0 Å². The fourth-order valence-electron chi connectivity index (χ4n) is 2.66. The van der Waals surface area contributed by atoms with Crippen molar-refractivity contribution in [1.82, 2.24) is 0 Å². The maximum Gasteiger partial charge on any atom is 0.142 e. The molecule has 2 fully saturated rings. The average molecular weight is 154 g/mol. The number of hydrogen-bond acceptors (Lipinski definition) is 2. The quantitative estimate of drug-likeness (QED) is 0.564. The predicted octanol–water partition coefficient (Wildman–Crippen LogP) is 0.982. The van der Waals surface area contributed by atoms with Crippen LogP contribution in [-0.4, -0.2) is 17.0 Å². The highest BCUT2D eigenvalue weighted by Gasteiger charge is 2.59. The Morgan fingerprint density at radius 1 is 1.45 bits per heavy atom. The molecule has 62 valence electrons. The molecule has 2 saturated carbocycles. The van der Waals surface area contributed by atoms with E-state index in [2.05, 4.69) is 0 Å². The second-order valence-corrected chi connectivity index (χ2v) is 4.42. The van der Waals surface area contributed by atoms with E-state index in [0.29, 0.717) is 18.1 Å². The normalized spacial score (nSPS) is 46.8. The molecule has 2 heteroatoms. The van der Waals surface area contributed by atoms with E-state index in [0.717, 1.165) is 6.42 Å². The maximum absolute atomic E-state index is 11.4. The molecule has 0 aromatic carbocycles. The lowest BCUT2D eigenvalue weighted by atomic mass is 9.56. The Kier molecular flexibility index (Phi) is 1.23. The molecule has 0 bridgehead atoms. The number of fused-ring (bicyclic) bond motifs is 1. The Bertz CT molecular complexity index is 208. The maximum atomic E-state index is 11.4. The molecule has 3 atom stereocenters. The lowest BCUT2D eigenvalue weighted by Crippen LogP contribution is -2.51. The van der Waals surface area contributed by atoms with Crippen LogP contribution in [0.4, 0.5) is 0 Å². The predicted molar refractivity (Wildman–Crippen MR) is 41.0 cm³/mol. The van der Waals surface area contributed by atoms with Crippen molar-refractivity contribution >= 4 is 5.78 Å². The van der Waals surface area contributed by atoms with E-state index in [1.165, 1.54) is 0 Å². The van der Waals surface area contributed by atoms with Crippen LogP contribution in [0.15, 0.2) is 0 Å². The van der Waals surface area contributed by atoms with Gasteiger partial charge in [-0.15, -0.1) is 0 Å². The molecule has 0 spiro atoms. The second-order valence-electron chi connectivity index (χ2n) is 4.42. The van der Waals surface area contributed by atoms with Gasteiger partial charge in [-0.3, -0.25) is 4.79 Å². The number of aliphatic hydroxyl groups excluding tert-OH is 1. The van der Waals surface area contributed by atoms with E-state index >= 15 is 0 Å². The summed E-state index contributed by atoms with van der Waals surface area (Å²) in [6.45, 7) is 3.99. The lowest BCUT2D eigenvalue weighted by molar-refractivity contribution is -0.150. The summed E-state index contributed by atoms with van der Waals surface area (Å²) in [6.07, 6.45) is 1.34. The van der Waals surface area contributed by atoms with Gasteiger partial charge in [0.15, 0.2) is 0 Å². The van der Waals surface area contributed by atoms with Gasteiger partial charge in [-0.05, 0) is 18.8 Å². The Morgan fingerprint density at radius 2 is 2.09 bits per heavy atom. The lowest BCUT2D eigenvalue weighted by Gasteiger charge is -2.45. The van der Waals surface area contributed by atoms with Gasteiger partial charge in [-0.2, -0.15) is 0 Å². The number of rotatable bonds is 0. The molecule has 0 amide bonds. The molecular weight excluding hydrogens is 140 g/mol. The summed E-state index contributed by atoms with van der Waals surface area (Å²) in [7, 11) is 0. The first-order valence-corrected chi connectivity index (χ1v) is 4.26. The molecule has 0 heterocycles. The molecule has 2 rings (SSSR count). The molecule has 0 aromatic heterocycles. The van der Waals surface area contributed by atoms with Gasteiger partial charge < -0.3 is 5.11 Å².